The Labute approximate surface area is 255 Å². The number of sulfonamides is 1. The maximum atomic E-state index is 13.6. The topological polar surface area (TPSA) is 105 Å². The number of nitrogens with one attached hydrogen (secondary N) is 1. The van der Waals surface area contributed by atoms with Crippen LogP contribution in [0.15, 0.2) is 56.9 Å². The molecule has 3 aromatic rings. The number of benzene rings is 2. The number of hydrogen-bond acceptors (Lipinski definition) is 6. The Kier molecular flexibility index (Phi) is 8.93. The van der Waals surface area contributed by atoms with Gasteiger partial charge in [-0.15, -0.1) is 0 Å². The van der Waals surface area contributed by atoms with Crippen LogP contribution >= 0.6 is 0 Å². The van der Waals surface area contributed by atoms with Gasteiger partial charge in [0.25, 0.3) is 15.9 Å². The van der Waals surface area contributed by atoms with Crippen molar-refractivity contribution in [1.82, 2.24) is 10.1 Å². The summed E-state index contributed by atoms with van der Waals surface area (Å²) in [4.78, 5) is 20.2. The normalized spacial score (nSPS) is 16.6. The molecule has 236 valence electrons. The second-order valence-corrected chi connectivity index (χ2v) is 13.3. The molecule has 1 saturated carbocycles. The molecule has 5 rings (SSSR count). The van der Waals surface area contributed by atoms with Crippen molar-refractivity contribution in [2.45, 2.75) is 102 Å². The van der Waals surface area contributed by atoms with Crippen molar-refractivity contribution in [2.75, 3.05) is 4.72 Å². The molecule has 2 aliphatic rings. The second-order valence-electron chi connectivity index (χ2n) is 11.7. The van der Waals surface area contributed by atoms with Gasteiger partial charge in [0.15, 0.2) is 5.82 Å². The molecule has 1 spiro atoms. The number of aromatic nitrogens is 1. The minimum atomic E-state index is -4.41. The third-order valence-corrected chi connectivity index (χ3v) is 9.92. The van der Waals surface area contributed by atoms with Gasteiger partial charge >= 0.3 is 6.18 Å². The first-order valence-corrected chi connectivity index (χ1v) is 16.5. The summed E-state index contributed by atoms with van der Waals surface area (Å²) in [5.41, 5.74) is 1.43. The first-order chi connectivity index (χ1) is 20.8. The fraction of sp³-hybridized carbons (Fsp3) is 0.469. The smallest absolute Gasteiger partial charge is 0.359 e. The van der Waals surface area contributed by atoms with Gasteiger partial charge in [0.2, 0.25) is 0 Å². The van der Waals surface area contributed by atoms with Gasteiger partial charge in [-0.2, -0.15) is 13.2 Å². The van der Waals surface area contributed by atoms with E-state index in [1.54, 1.807) is 55.1 Å². The van der Waals surface area contributed by atoms with Crippen LogP contribution in [0.5, 0.6) is 0 Å². The van der Waals surface area contributed by atoms with Gasteiger partial charge in [0.1, 0.15) is 17.1 Å². The number of amides is 1. The third-order valence-electron chi connectivity index (χ3n) is 8.53. The van der Waals surface area contributed by atoms with E-state index in [2.05, 4.69) is 16.8 Å². The Morgan fingerprint density at radius 2 is 1.77 bits per heavy atom. The average molecular weight is 631 g/mol. The third kappa shape index (κ3) is 6.55. The van der Waals surface area contributed by atoms with Gasteiger partial charge in [-0.05, 0) is 62.3 Å². The summed E-state index contributed by atoms with van der Waals surface area (Å²) >= 11 is 0. The van der Waals surface area contributed by atoms with Crippen molar-refractivity contribution < 1.29 is 30.9 Å². The van der Waals surface area contributed by atoms with Crippen LogP contribution in [-0.4, -0.2) is 41.9 Å². The molecule has 0 radical (unpaired) electrons. The van der Waals surface area contributed by atoms with Crippen LogP contribution in [0.3, 0.4) is 0 Å². The molecule has 1 aliphatic heterocycles. The summed E-state index contributed by atoms with van der Waals surface area (Å²) in [6.07, 6.45) is -0.0810. The fourth-order valence-corrected chi connectivity index (χ4v) is 7.27. The average Bonchev–Trinajstić information content (AvgIpc) is 3.66. The number of aryl methyl sites for hydroxylation is 2. The highest BCUT2D eigenvalue weighted by molar-refractivity contribution is 7.92. The van der Waals surface area contributed by atoms with Crippen LogP contribution in [-0.2, 0) is 27.8 Å². The predicted octanol–water partition coefficient (Wildman–Crippen LogP) is 7.50. The van der Waals surface area contributed by atoms with Gasteiger partial charge in [-0.25, -0.2) is 8.42 Å². The summed E-state index contributed by atoms with van der Waals surface area (Å²) in [5, 5.41) is 3.79. The lowest BCUT2D eigenvalue weighted by Crippen LogP contribution is -2.40. The number of unbranched alkanes of at least 4 members (excludes halogenated alkanes) is 1. The molecule has 0 saturated heterocycles. The van der Waals surface area contributed by atoms with Crippen LogP contribution in [0.2, 0.25) is 0 Å². The minimum absolute atomic E-state index is 0.0390. The highest BCUT2D eigenvalue weighted by Crippen LogP contribution is 2.41. The van der Waals surface area contributed by atoms with Gasteiger partial charge < -0.3 is 4.52 Å². The SMILES string of the molecule is CCCCC1=NC2(CCCC2)C(=O)N1Cc1ccc(-c2ccccc2S(=O)(=O)Nc2noc(C)c2C)c(CCC(F)(F)F)c1. The summed E-state index contributed by atoms with van der Waals surface area (Å²) in [7, 11) is -4.19. The number of aliphatic imine (C=N–C) groups is 1. The van der Waals surface area contributed by atoms with E-state index in [1.807, 2.05) is 0 Å². The number of nitrogens with zero attached hydrogens (tertiary/aromatic N) is 3. The molecule has 1 aromatic heterocycles. The number of halogens is 3. The van der Waals surface area contributed by atoms with E-state index in [9.17, 15) is 26.4 Å². The zero-order valence-electron chi connectivity index (χ0n) is 25.1. The Balaban J connectivity index is 1.51. The molecule has 1 amide bonds. The van der Waals surface area contributed by atoms with E-state index in [1.165, 1.54) is 6.07 Å². The highest BCUT2D eigenvalue weighted by atomic mass is 32.2. The largest absolute Gasteiger partial charge is 0.389 e. The number of amidine groups is 1. The molecule has 0 bridgehead atoms. The van der Waals surface area contributed by atoms with Crippen molar-refractivity contribution in [3.05, 3.63) is 64.9 Å². The van der Waals surface area contributed by atoms with Crippen LogP contribution in [0.1, 0.15) is 80.7 Å². The van der Waals surface area contributed by atoms with Crippen LogP contribution in [0, 0.1) is 13.8 Å². The Morgan fingerprint density at radius 3 is 2.43 bits per heavy atom. The van der Waals surface area contributed by atoms with Crippen LogP contribution in [0.25, 0.3) is 11.1 Å². The number of hydrogen-bond donors (Lipinski definition) is 1. The van der Waals surface area contributed by atoms with Crippen LogP contribution in [0.4, 0.5) is 19.0 Å². The first kappa shape index (κ1) is 31.7. The van der Waals surface area contributed by atoms with Crippen molar-refractivity contribution >= 4 is 27.6 Å². The maximum Gasteiger partial charge on any atom is 0.389 e. The van der Waals surface area contributed by atoms with E-state index < -0.39 is 28.2 Å². The summed E-state index contributed by atoms with van der Waals surface area (Å²) in [6, 6.07) is 11.2. The molecule has 44 heavy (non-hydrogen) atoms. The number of carbonyl (C=O) groups is 1. The fourth-order valence-electron chi connectivity index (χ4n) is 5.99. The predicted molar refractivity (Wildman–Crippen MR) is 162 cm³/mol. The van der Waals surface area contributed by atoms with Gasteiger partial charge in [-0.1, -0.05) is 67.7 Å². The van der Waals surface area contributed by atoms with Gasteiger partial charge in [0, 0.05) is 24.0 Å². The molecular formula is C32H37F3N4O4S. The van der Waals surface area contributed by atoms with E-state index in [4.69, 9.17) is 9.52 Å². The monoisotopic (exact) mass is 630 g/mol. The summed E-state index contributed by atoms with van der Waals surface area (Å²) < 4.78 is 75.0. The Hall–Kier alpha value is -3.67. The minimum Gasteiger partial charge on any atom is -0.359 e. The number of alkyl halides is 3. The number of rotatable bonds is 11. The van der Waals surface area contributed by atoms with Crippen molar-refractivity contribution in [1.29, 1.82) is 0 Å². The highest BCUT2D eigenvalue weighted by Gasteiger charge is 2.49. The summed E-state index contributed by atoms with van der Waals surface area (Å²) in [5.74, 6) is 1.20. The number of carbonyl (C=O) groups excluding carboxylic acids is 1. The molecule has 12 heteroatoms. The van der Waals surface area contributed by atoms with Gasteiger partial charge in [-0.3, -0.25) is 19.4 Å². The molecular weight excluding hydrogens is 593 g/mol. The first-order valence-electron chi connectivity index (χ1n) is 15.0. The van der Waals surface area contributed by atoms with E-state index in [0.29, 0.717) is 47.3 Å². The molecule has 1 fully saturated rings. The van der Waals surface area contributed by atoms with Crippen molar-refractivity contribution in [2.24, 2.45) is 4.99 Å². The molecule has 1 aliphatic carbocycles. The van der Waals surface area contributed by atoms with E-state index >= 15 is 0 Å². The molecule has 2 heterocycles. The zero-order chi connectivity index (χ0) is 31.7. The number of anilines is 1. The van der Waals surface area contributed by atoms with E-state index in [0.717, 1.165) is 31.5 Å². The maximum absolute atomic E-state index is 13.6. The van der Waals surface area contributed by atoms with Gasteiger partial charge in [0.05, 0.1) is 11.4 Å². The molecule has 0 unspecified atom stereocenters. The molecule has 2 aromatic carbocycles. The van der Waals surface area contributed by atoms with E-state index in [-0.39, 0.29) is 35.1 Å². The summed E-state index contributed by atoms with van der Waals surface area (Å²) in [6.45, 7) is 5.58. The lowest BCUT2D eigenvalue weighted by Gasteiger charge is -2.23. The second kappa shape index (κ2) is 12.4. The van der Waals surface area contributed by atoms with Crippen molar-refractivity contribution in [3.63, 3.8) is 0 Å². The lowest BCUT2D eigenvalue weighted by atomic mass is 9.94. The Bertz CT molecular complexity index is 1670. The molecule has 0 atom stereocenters. The molecule has 8 nitrogen and oxygen atoms in total. The van der Waals surface area contributed by atoms with Crippen molar-refractivity contribution in [3.8, 4) is 11.1 Å². The Morgan fingerprint density at radius 1 is 1.05 bits per heavy atom. The molecule has 1 N–H and O–H groups in total. The lowest BCUT2D eigenvalue weighted by molar-refractivity contribution is -0.134. The standard InChI is InChI=1S/C32H37F3N4O4S/c1-4-5-12-28-36-31(16-8-9-17-31)30(40)39(28)20-23-13-14-25(24(19-23)15-18-32(33,34)35)26-10-6-7-11-27(26)44(41,42)38-29-21(2)22(3)43-37-29/h6-7,10-11,13-14,19H,4-5,8-9,12,15-18,20H2,1-3H3,(H,37,38). The van der Waals surface area contributed by atoms with Crippen LogP contribution < -0.4 is 4.72 Å². The quantitative estimate of drug-likeness (QED) is 0.236. The zero-order valence-corrected chi connectivity index (χ0v) is 25.9.